The van der Waals surface area contributed by atoms with Gasteiger partial charge in [0.25, 0.3) is 0 Å². The number of halogens is 2. The first-order valence-corrected chi connectivity index (χ1v) is 8.67. The molecule has 1 aromatic carbocycles. The number of carbonyl (C=O) groups is 2. The summed E-state index contributed by atoms with van der Waals surface area (Å²) in [5.74, 6) is -0.783. The van der Waals surface area contributed by atoms with Crippen molar-refractivity contribution in [2.75, 3.05) is 7.11 Å². The van der Waals surface area contributed by atoms with Crippen LogP contribution in [-0.2, 0) is 19.1 Å². The van der Waals surface area contributed by atoms with E-state index in [4.69, 9.17) is 4.74 Å². The van der Waals surface area contributed by atoms with Crippen LogP contribution in [0.1, 0.15) is 17.9 Å². The first-order valence-electron chi connectivity index (χ1n) is 7.09. The number of hydrogen-bond donors (Lipinski definition) is 0. The van der Waals surface area contributed by atoms with Gasteiger partial charge in [0.15, 0.2) is 0 Å². The van der Waals surface area contributed by atoms with Crippen LogP contribution in [-0.4, -0.2) is 29.5 Å². The van der Waals surface area contributed by atoms with Crippen LogP contribution < -0.4 is 0 Å². The molecule has 0 radical (unpaired) electrons. The molecule has 1 fully saturated rings. The second-order valence-corrected chi connectivity index (χ2v) is 7.64. The summed E-state index contributed by atoms with van der Waals surface area (Å²) in [4.78, 5) is 23.6. The van der Waals surface area contributed by atoms with E-state index in [-0.39, 0.29) is 18.0 Å². The summed E-state index contributed by atoms with van der Waals surface area (Å²) in [6.07, 6.45) is 5.12. The van der Waals surface area contributed by atoms with Gasteiger partial charge in [-0.15, -0.1) is 0 Å². The first-order chi connectivity index (χ1) is 11.0. The summed E-state index contributed by atoms with van der Waals surface area (Å²) < 4.78 is 10.1. The van der Waals surface area contributed by atoms with Crippen molar-refractivity contribution in [2.24, 2.45) is 0 Å². The summed E-state index contributed by atoms with van der Waals surface area (Å²) in [6, 6.07) is 7.85. The Morgan fingerprint density at radius 2 is 2.17 bits per heavy atom. The van der Waals surface area contributed by atoms with Crippen molar-refractivity contribution >= 4 is 43.8 Å². The number of ether oxygens (including phenoxy) is 2. The molecule has 3 atom stereocenters. The SMILES string of the molecule is COC(=O)/C=C/C1=C[C@]2(Br)C(=O)O[C@H]1C[C@@H]2c1ccccc1Br. The molecule has 0 unspecified atom stereocenters. The number of alkyl halides is 1. The lowest BCUT2D eigenvalue weighted by Gasteiger charge is -2.45. The number of esters is 2. The van der Waals surface area contributed by atoms with E-state index in [0.717, 1.165) is 15.6 Å². The Hall–Kier alpha value is -1.40. The minimum Gasteiger partial charge on any atom is -0.466 e. The molecule has 1 aromatic rings. The van der Waals surface area contributed by atoms with E-state index in [0.29, 0.717) is 6.42 Å². The van der Waals surface area contributed by atoms with Gasteiger partial charge >= 0.3 is 11.9 Å². The van der Waals surface area contributed by atoms with Gasteiger partial charge in [0.1, 0.15) is 10.4 Å². The molecular formula is C17H14Br2O4. The van der Waals surface area contributed by atoms with Crippen molar-refractivity contribution < 1.29 is 19.1 Å². The largest absolute Gasteiger partial charge is 0.466 e. The smallest absolute Gasteiger partial charge is 0.330 e. The highest BCUT2D eigenvalue weighted by Gasteiger charge is 2.54. The zero-order valence-electron chi connectivity index (χ0n) is 12.3. The van der Waals surface area contributed by atoms with Gasteiger partial charge in [-0.2, -0.15) is 0 Å². The monoisotopic (exact) mass is 440 g/mol. The third kappa shape index (κ3) is 2.90. The molecule has 3 aliphatic rings. The highest BCUT2D eigenvalue weighted by atomic mass is 79.9. The minimum absolute atomic E-state index is 0.0420. The van der Waals surface area contributed by atoms with Crippen LogP contribution >= 0.6 is 31.9 Å². The molecule has 1 saturated heterocycles. The molecule has 0 saturated carbocycles. The molecule has 2 heterocycles. The second-order valence-electron chi connectivity index (χ2n) is 5.47. The van der Waals surface area contributed by atoms with Crippen LogP contribution in [0.2, 0.25) is 0 Å². The van der Waals surface area contributed by atoms with Crippen molar-refractivity contribution in [2.45, 2.75) is 22.8 Å². The zero-order valence-corrected chi connectivity index (χ0v) is 15.5. The third-order valence-corrected chi connectivity index (χ3v) is 5.99. The lowest BCUT2D eigenvalue weighted by atomic mass is 9.73. The van der Waals surface area contributed by atoms with Crippen molar-refractivity contribution in [1.82, 2.24) is 0 Å². The lowest BCUT2D eigenvalue weighted by molar-refractivity contribution is -0.156. The highest BCUT2D eigenvalue weighted by molar-refractivity contribution is 9.10. The molecule has 0 amide bonds. The zero-order chi connectivity index (χ0) is 16.6. The third-order valence-electron chi connectivity index (χ3n) is 4.16. The summed E-state index contributed by atoms with van der Waals surface area (Å²) in [6.45, 7) is 0. The molecule has 23 heavy (non-hydrogen) atoms. The number of carbonyl (C=O) groups excluding carboxylic acids is 2. The van der Waals surface area contributed by atoms with Gasteiger partial charge in [-0.05, 0) is 35.8 Å². The Bertz CT molecular complexity index is 725. The van der Waals surface area contributed by atoms with Crippen LogP contribution in [0.3, 0.4) is 0 Å². The number of hydrogen-bond acceptors (Lipinski definition) is 4. The van der Waals surface area contributed by atoms with Gasteiger partial charge in [-0.3, -0.25) is 4.79 Å². The van der Waals surface area contributed by atoms with Crippen molar-refractivity contribution in [1.29, 1.82) is 0 Å². The van der Waals surface area contributed by atoms with Crippen LogP contribution in [0, 0.1) is 0 Å². The van der Waals surface area contributed by atoms with Gasteiger partial charge in [0, 0.05) is 16.5 Å². The Balaban J connectivity index is 1.99. The fraction of sp³-hybridized carbons (Fsp3) is 0.294. The maximum absolute atomic E-state index is 12.4. The molecule has 2 aliphatic heterocycles. The molecule has 4 nitrogen and oxygen atoms in total. The van der Waals surface area contributed by atoms with Gasteiger partial charge in [0.05, 0.1) is 7.11 Å². The van der Waals surface area contributed by atoms with Gasteiger partial charge in [-0.25, -0.2) is 4.79 Å². The van der Waals surface area contributed by atoms with Crippen molar-refractivity contribution in [3.8, 4) is 0 Å². The molecule has 120 valence electrons. The Kier molecular flexibility index (Phi) is 4.47. The normalized spacial score (nSPS) is 29.3. The van der Waals surface area contributed by atoms with E-state index in [2.05, 4.69) is 36.6 Å². The van der Waals surface area contributed by atoms with Crippen molar-refractivity contribution in [3.05, 3.63) is 58.1 Å². The minimum atomic E-state index is -0.929. The van der Waals surface area contributed by atoms with E-state index < -0.39 is 10.3 Å². The molecule has 6 heteroatoms. The maximum atomic E-state index is 12.4. The van der Waals surface area contributed by atoms with Gasteiger partial charge in [0.2, 0.25) is 0 Å². The number of rotatable bonds is 3. The van der Waals surface area contributed by atoms with E-state index in [9.17, 15) is 9.59 Å². The average molecular weight is 442 g/mol. The Morgan fingerprint density at radius 1 is 1.43 bits per heavy atom. The van der Waals surface area contributed by atoms with Crippen LogP contribution in [0.25, 0.3) is 0 Å². The second kappa shape index (κ2) is 6.24. The molecule has 1 aliphatic carbocycles. The fourth-order valence-corrected chi connectivity index (χ4v) is 4.35. The van der Waals surface area contributed by atoms with Crippen LogP contribution in [0.4, 0.5) is 0 Å². The molecule has 0 aromatic heterocycles. The topological polar surface area (TPSA) is 52.6 Å². The van der Waals surface area contributed by atoms with Crippen molar-refractivity contribution in [3.63, 3.8) is 0 Å². The quantitative estimate of drug-likeness (QED) is 0.408. The highest BCUT2D eigenvalue weighted by Crippen LogP contribution is 2.52. The number of methoxy groups -OCH3 is 1. The van der Waals surface area contributed by atoms with Crippen LogP contribution in [0.15, 0.2) is 52.5 Å². The Morgan fingerprint density at radius 3 is 2.87 bits per heavy atom. The predicted octanol–water partition coefficient (Wildman–Crippen LogP) is 3.65. The molecule has 2 bridgehead atoms. The molecule has 0 spiro atoms. The molecule has 0 N–H and O–H groups in total. The van der Waals surface area contributed by atoms with Crippen LogP contribution in [0.5, 0.6) is 0 Å². The lowest BCUT2D eigenvalue weighted by Crippen LogP contribution is -2.51. The van der Waals surface area contributed by atoms with E-state index >= 15 is 0 Å². The number of fused-ring (bicyclic) bond motifs is 2. The van der Waals surface area contributed by atoms with Gasteiger partial charge in [-0.1, -0.05) is 50.1 Å². The summed E-state index contributed by atoms with van der Waals surface area (Å²) in [7, 11) is 1.32. The fourth-order valence-electron chi connectivity index (χ4n) is 2.99. The van der Waals surface area contributed by atoms with E-state index in [1.165, 1.54) is 13.2 Å². The average Bonchev–Trinajstić information content (AvgIpc) is 2.54. The predicted molar refractivity (Wildman–Crippen MR) is 92.3 cm³/mol. The molecule has 4 rings (SSSR count). The summed E-state index contributed by atoms with van der Waals surface area (Å²) in [5.41, 5.74) is 1.86. The molecular weight excluding hydrogens is 428 g/mol. The number of benzene rings is 1. The van der Waals surface area contributed by atoms with E-state index in [1.54, 1.807) is 6.08 Å². The Labute approximate surface area is 150 Å². The summed E-state index contributed by atoms with van der Waals surface area (Å²) in [5, 5.41) is 0. The maximum Gasteiger partial charge on any atom is 0.330 e. The van der Waals surface area contributed by atoms with E-state index in [1.807, 2.05) is 30.3 Å². The standard InChI is InChI=1S/C17H14Br2O4/c1-22-15(20)7-6-10-9-17(19)12(8-14(10)23-16(17)21)11-4-2-3-5-13(11)18/h2-7,9,12,14H,8H2,1H3/b7-6+/t12-,14+,17-/m1/s1. The summed E-state index contributed by atoms with van der Waals surface area (Å²) >= 11 is 7.13. The van der Waals surface area contributed by atoms with Gasteiger partial charge < -0.3 is 9.47 Å². The first kappa shape index (κ1) is 16.5.